The van der Waals surface area contributed by atoms with Crippen molar-refractivity contribution < 1.29 is 9.47 Å². The molecule has 8 heteroatoms. The number of guanidine groups is 1. The van der Waals surface area contributed by atoms with Gasteiger partial charge in [0.25, 0.3) is 0 Å². The molecule has 150 valence electrons. The SMILES string of the molecule is CCNC(=NCc1ccc(OC)c(OC)c1)NCC(C)Cn1cccn1.I. The number of benzene rings is 1. The van der Waals surface area contributed by atoms with E-state index in [9.17, 15) is 0 Å². The zero-order valence-electron chi connectivity index (χ0n) is 16.4. The molecular formula is C19H30IN5O2. The molecule has 1 aromatic carbocycles. The number of aliphatic imine (C=N–C) groups is 1. The van der Waals surface area contributed by atoms with Crippen molar-refractivity contribution in [1.82, 2.24) is 20.4 Å². The predicted octanol–water partition coefficient (Wildman–Crippen LogP) is 2.91. The molecule has 0 saturated heterocycles. The fourth-order valence-corrected chi connectivity index (χ4v) is 2.55. The molecular weight excluding hydrogens is 457 g/mol. The summed E-state index contributed by atoms with van der Waals surface area (Å²) in [6, 6.07) is 7.78. The number of rotatable bonds is 9. The Balaban J connectivity index is 0.00000364. The van der Waals surface area contributed by atoms with Crippen LogP contribution in [-0.4, -0.2) is 43.0 Å². The number of nitrogens with one attached hydrogen (secondary N) is 2. The maximum absolute atomic E-state index is 5.35. The Morgan fingerprint density at radius 2 is 2.00 bits per heavy atom. The Bertz CT molecular complexity index is 691. The molecule has 7 nitrogen and oxygen atoms in total. The topological polar surface area (TPSA) is 72.7 Å². The summed E-state index contributed by atoms with van der Waals surface area (Å²) in [5, 5.41) is 10.9. The van der Waals surface area contributed by atoms with E-state index in [1.165, 1.54) is 0 Å². The lowest BCUT2D eigenvalue weighted by Gasteiger charge is -2.16. The molecule has 1 atom stereocenters. The van der Waals surface area contributed by atoms with Gasteiger partial charge in [0.15, 0.2) is 17.5 Å². The maximum atomic E-state index is 5.35. The highest BCUT2D eigenvalue weighted by Crippen LogP contribution is 2.27. The average Bonchev–Trinajstić information content (AvgIpc) is 3.16. The lowest BCUT2D eigenvalue weighted by atomic mass is 10.2. The lowest BCUT2D eigenvalue weighted by molar-refractivity contribution is 0.354. The van der Waals surface area contributed by atoms with Gasteiger partial charge in [0.2, 0.25) is 0 Å². The first-order valence-corrected chi connectivity index (χ1v) is 8.86. The van der Waals surface area contributed by atoms with E-state index in [-0.39, 0.29) is 24.0 Å². The second-order valence-electron chi connectivity index (χ2n) is 6.10. The number of ether oxygens (including phenoxy) is 2. The van der Waals surface area contributed by atoms with Crippen LogP contribution in [0, 0.1) is 5.92 Å². The molecule has 0 aliphatic carbocycles. The lowest BCUT2D eigenvalue weighted by Crippen LogP contribution is -2.40. The summed E-state index contributed by atoms with van der Waals surface area (Å²) in [5.41, 5.74) is 1.06. The van der Waals surface area contributed by atoms with Crippen LogP contribution < -0.4 is 20.1 Å². The van der Waals surface area contributed by atoms with Crippen molar-refractivity contribution in [3.05, 3.63) is 42.2 Å². The standard InChI is InChI=1S/C19H29N5O2.HI/c1-5-20-19(21-12-15(2)14-24-10-6-9-23-24)22-13-16-7-8-17(25-3)18(11-16)26-4;/h6-11,15H,5,12-14H2,1-4H3,(H2,20,21,22);1H. The second kappa shape index (κ2) is 12.4. The van der Waals surface area contributed by atoms with Crippen molar-refractivity contribution in [1.29, 1.82) is 0 Å². The summed E-state index contributed by atoms with van der Waals surface area (Å²) in [5.74, 6) is 2.66. The van der Waals surface area contributed by atoms with E-state index in [1.807, 2.05) is 35.1 Å². The monoisotopic (exact) mass is 487 g/mol. The smallest absolute Gasteiger partial charge is 0.191 e. The van der Waals surface area contributed by atoms with E-state index in [2.05, 4.69) is 34.6 Å². The van der Waals surface area contributed by atoms with Crippen molar-refractivity contribution in [2.24, 2.45) is 10.9 Å². The quantitative estimate of drug-likeness (QED) is 0.324. The predicted molar refractivity (Wildman–Crippen MR) is 119 cm³/mol. The van der Waals surface area contributed by atoms with Crippen molar-refractivity contribution in [2.75, 3.05) is 27.3 Å². The molecule has 0 fully saturated rings. The van der Waals surface area contributed by atoms with Crippen LogP contribution >= 0.6 is 24.0 Å². The molecule has 0 bridgehead atoms. The minimum absolute atomic E-state index is 0. The molecule has 0 aliphatic rings. The summed E-state index contributed by atoms with van der Waals surface area (Å²) in [6.45, 7) is 7.30. The van der Waals surface area contributed by atoms with Crippen LogP contribution in [0.15, 0.2) is 41.7 Å². The molecule has 0 aliphatic heterocycles. The van der Waals surface area contributed by atoms with E-state index < -0.39 is 0 Å². The van der Waals surface area contributed by atoms with Gasteiger partial charge in [-0.3, -0.25) is 4.68 Å². The number of hydrogen-bond donors (Lipinski definition) is 2. The molecule has 0 amide bonds. The van der Waals surface area contributed by atoms with Gasteiger partial charge in [0, 0.05) is 32.0 Å². The number of hydrogen-bond acceptors (Lipinski definition) is 4. The summed E-state index contributed by atoms with van der Waals surface area (Å²) in [7, 11) is 3.27. The third-order valence-electron chi connectivity index (χ3n) is 3.89. The van der Waals surface area contributed by atoms with Crippen molar-refractivity contribution >= 4 is 29.9 Å². The number of nitrogens with zero attached hydrogens (tertiary/aromatic N) is 3. The Kier molecular flexibility index (Phi) is 10.6. The Hall–Kier alpha value is -1.97. The van der Waals surface area contributed by atoms with Gasteiger partial charge in [0.05, 0.1) is 20.8 Å². The molecule has 0 saturated carbocycles. The third-order valence-corrected chi connectivity index (χ3v) is 3.89. The zero-order valence-corrected chi connectivity index (χ0v) is 18.8. The van der Waals surface area contributed by atoms with Gasteiger partial charge in [-0.25, -0.2) is 4.99 Å². The van der Waals surface area contributed by atoms with Gasteiger partial charge >= 0.3 is 0 Å². The second-order valence-corrected chi connectivity index (χ2v) is 6.10. The normalized spacial score (nSPS) is 12.1. The number of aromatic nitrogens is 2. The van der Waals surface area contributed by atoms with E-state index in [1.54, 1.807) is 20.4 Å². The summed E-state index contributed by atoms with van der Waals surface area (Å²) in [4.78, 5) is 4.66. The Morgan fingerprint density at radius 3 is 2.63 bits per heavy atom. The van der Waals surface area contributed by atoms with Crippen LogP contribution in [0.2, 0.25) is 0 Å². The van der Waals surface area contributed by atoms with Crippen molar-refractivity contribution in [2.45, 2.75) is 26.9 Å². The summed E-state index contributed by atoms with van der Waals surface area (Å²) < 4.78 is 12.6. The van der Waals surface area contributed by atoms with Crippen molar-refractivity contribution in [3.63, 3.8) is 0 Å². The molecule has 2 aromatic rings. The van der Waals surface area contributed by atoms with Gasteiger partial charge in [0.1, 0.15) is 0 Å². The van der Waals surface area contributed by atoms with Crippen LogP contribution in [0.5, 0.6) is 11.5 Å². The van der Waals surface area contributed by atoms with Crippen LogP contribution in [0.1, 0.15) is 19.4 Å². The summed E-state index contributed by atoms with van der Waals surface area (Å²) >= 11 is 0. The first kappa shape index (κ1) is 23.1. The van der Waals surface area contributed by atoms with Gasteiger partial charge in [-0.05, 0) is 36.6 Å². The highest BCUT2D eigenvalue weighted by atomic mass is 127. The fraction of sp³-hybridized carbons (Fsp3) is 0.474. The maximum Gasteiger partial charge on any atom is 0.191 e. The molecule has 1 unspecified atom stereocenters. The first-order valence-electron chi connectivity index (χ1n) is 8.86. The van der Waals surface area contributed by atoms with E-state index in [4.69, 9.17) is 9.47 Å². The van der Waals surface area contributed by atoms with Gasteiger partial charge < -0.3 is 20.1 Å². The molecule has 0 spiro atoms. The molecule has 27 heavy (non-hydrogen) atoms. The number of halogens is 1. The minimum Gasteiger partial charge on any atom is -0.493 e. The molecule has 2 rings (SSSR count). The Morgan fingerprint density at radius 1 is 1.22 bits per heavy atom. The third kappa shape index (κ3) is 7.66. The molecule has 1 heterocycles. The average molecular weight is 487 g/mol. The van der Waals surface area contributed by atoms with Gasteiger partial charge in [-0.15, -0.1) is 24.0 Å². The van der Waals surface area contributed by atoms with Gasteiger partial charge in [-0.2, -0.15) is 5.10 Å². The van der Waals surface area contributed by atoms with E-state index in [0.717, 1.165) is 36.9 Å². The van der Waals surface area contributed by atoms with Crippen LogP contribution in [0.4, 0.5) is 0 Å². The fourth-order valence-electron chi connectivity index (χ4n) is 2.55. The summed E-state index contributed by atoms with van der Waals surface area (Å²) in [6.07, 6.45) is 3.78. The van der Waals surface area contributed by atoms with Crippen LogP contribution in [0.25, 0.3) is 0 Å². The van der Waals surface area contributed by atoms with Crippen molar-refractivity contribution in [3.8, 4) is 11.5 Å². The highest BCUT2D eigenvalue weighted by molar-refractivity contribution is 14.0. The largest absolute Gasteiger partial charge is 0.493 e. The van der Waals surface area contributed by atoms with Crippen LogP contribution in [0.3, 0.4) is 0 Å². The van der Waals surface area contributed by atoms with Gasteiger partial charge in [-0.1, -0.05) is 13.0 Å². The van der Waals surface area contributed by atoms with Crippen LogP contribution in [-0.2, 0) is 13.1 Å². The molecule has 1 aromatic heterocycles. The zero-order chi connectivity index (χ0) is 18.8. The molecule has 0 radical (unpaired) electrons. The molecule has 2 N–H and O–H groups in total. The highest BCUT2D eigenvalue weighted by Gasteiger charge is 2.07. The van der Waals surface area contributed by atoms with E-state index in [0.29, 0.717) is 18.2 Å². The minimum atomic E-state index is 0. The first-order chi connectivity index (χ1) is 12.7. The Labute approximate surface area is 178 Å². The van der Waals surface area contributed by atoms with E-state index >= 15 is 0 Å². The number of methoxy groups -OCH3 is 2.